The molecule has 9 heteroatoms. The molecule has 40 heavy (non-hydrogen) atoms. The van der Waals surface area contributed by atoms with Crippen LogP contribution in [0.15, 0.2) is 79.6 Å². The third kappa shape index (κ3) is 6.53. The molecule has 5 aliphatic rings. The number of hydrogen-bond donors (Lipinski definition) is 0. The number of amides is 1. The predicted octanol–water partition coefficient (Wildman–Crippen LogP) is 6.19. The SMILES string of the molecule is O=C(OC1CC2C=NC3(C=NS/C=C4/C=CC=C(C4)N=C/C=C\CCCN2C1)CC3)N1Cc2cccc(F)c2C1. The summed E-state index contributed by atoms with van der Waals surface area (Å²) in [5.41, 5.74) is 3.44. The number of allylic oxidation sites excluding steroid dienone is 6. The van der Waals surface area contributed by atoms with Gasteiger partial charge < -0.3 is 4.74 Å². The molecule has 2 atom stereocenters. The highest BCUT2D eigenvalue weighted by molar-refractivity contribution is 8.01. The Hall–Kier alpha value is -3.30. The largest absolute Gasteiger partial charge is 0.445 e. The molecule has 3 aliphatic heterocycles. The average Bonchev–Trinajstić information content (AvgIpc) is 3.39. The highest BCUT2D eigenvalue weighted by Gasteiger charge is 2.42. The van der Waals surface area contributed by atoms with Crippen LogP contribution in [-0.4, -0.2) is 65.3 Å². The summed E-state index contributed by atoms with van der Waals surface area (Å²) in [5, 5.41) is 2.07. The summed E-state index contributed by atoms with van der Waals surface area (Å²) in [4.78, 5) is 26.5. The number of rotatable bonds is 1. The molecule has 208 valence electrons. The van der Waals surface area contributed by atoms with Crippen LogP contribution in [0.1, 0.15) is 49.7 Å². The van der Waals surface area contributed by atoms with Gasteiger partial charge in [0.2, 0.25) is 0 Å². The van der Waals surface area contributed by atoms with Crippen LogP contribution >= 0.6 is 11.9 Å². The third-order valence-corrected chi connectivity index (χ3v) is 8.59. The monoisotopic (exact) mass is 559 g/mol. The number of ether oxygens (including phenoxy) is 1. The molecule has 1 spiro atoms. The summed E-state index contributed by atoms with van der Waals surface area (Å²) in [6.07, 6.45) is 21.0. The van der Waals surface area contributed by atoms with E-state index >= 15 is 0 Å². The Labute approximate surface area is 239 Å². The van der Waals surface area contributed by atoms with Gasteiger partial charge in [-0.1, -0.05) is 30.4 Å². The molecule has 1 saturated heterocycles. The van der Waals surface area contributed by atoms with E-state index in [2.05, 4.69) is 38.1 Å². The van der Waals surface area contributed by atoms with E-state index in [4.69, 9.17) is 9.73 Å². The maximum absolute atomic E-state index is 14.2. The normalized spacial score (nSPS) is 28.1. The molecule has 1 aromatic rings. The predicted molar refractivity (Wildman–Crippen MR) is 159 cm³/mol. The Kier molecular flexibility index (Phi) is 8.11. The second-order valence-corrected chi connectivity index (χ2v) is 11.7. The number of hydrogen-bond acceptors (Lipinski definition) is 7. The lowest BCUT2D eigenvalue weighted by atomic mass is 10.1. The number of halogens is 1. The number of benzene rings is 1. The molecule has 0 N–H and O–H groups in total. The number of carbonyl (C=O) groups excluding carboxylic acids is 1. The third-order valence-electron chi connectivity index (χ3n) is 7.95. The van der Waals surface area contributed by atoms with Crippen molar-refractivity contribution in [3.05, 3.63) is 82.2 Å². The van der Waals surface area contributed by atoms with Gasteiger partial charge in [-0.25, -0.2) is 13.6 Å². The van der Waals surface area contributed by atoms with Gasteiger partial charge in [-0.05, 0) is 67.0 Å². The number of carbonyl (C=O) groups is 1. The van der Waals surface area contributed by atoms with E-state index in [0.717, 1.165) is 49.9 Å². The minimum absolute atomic E-state index is 0.0932. The summed E-state index contributed by atoms with van der Waals surface area (Å²) < 4.78 is 24.7. The molecule has 1 aromatic carbocycles. The van der Waals surface area contributed by atoms with Gasteiger partial charge in [0, 0.05) is 73.8 Å². The zero-order valence-electron chi connectivity index (χ0n) is 22.5. The van der Waals surface area contributed by atoms with Crippen LogP contribution in [0.2, 0.25) is 0 Å². The van der Waals surface area contributed by atoms with Gasteiger partial charge in [-0.3, -0.25) is 19.8 Å². The maximum atomic E-state index is 14.2. The molecule has 3 heterocycles. The number of fused-ring (bicyclic) bond motifs is 4. The van der Waals surface area contributed by atoms with Gasteiger partial charge in [0.15, 0.2) is 0 Å². The van der Waals surface area contributed by atoms with Crippen molar-refractivity contribution in [1.29, 1.82) is 0 Å². The molecular weight excluding hydrogens is 525 g/mol. The van der Waals surface area contributed by atoms with Gasteiger partial charge in [0.25, 0.3) is 0 Å². The van der Waals surface area contributed by atoms with Crippen molar-refractivity contribution in [3.63, 3.8) is 0 Å². The molecular formula is C31H34FN5O2S. The van der Waals surface area contributed by atoms with Crippen LogP contribution in [0.25, 0.3) is 0 Å². The van der Waals surface area contributed by atoms with Crippen LogP contribution in [0.4, 0.5) is 9.18 Å². The molecule has 2 bridgehead atoms. The van der Waals surface area contributed by atoms with E-state index in [9.17, 15) is 9.18 Å². The summed E-state index contributed by atoms with van der Waals surface area (Å²) in [5.74, 6) is -0.266. The lowest BCUT2D eigenvalue weighted by Crippen LogP contribution is -2.33. The van der Waals surface area contributed by atoms with Crippen LogP contribution in [-0.2, 0) is 17.8 Å². The quantitative estimate of drug-likeness (QED) is 0.385. The van der Waals surface area contributed by atoms with Crippen molar-refractivity contribution in [2.24, 2.45) is 14.4 Å². The lowest BCUT2D eigenvalue weighted by molar-refractivity contribution is 0.0647. The van der Waals surface area contributed by atoms with Gasteiger partial charge in [-0.15, -0.1) is 0 Å². The van der Waals surface area contributed by atoms with Gasteiger partial charge >= 0.3 is 6.09 Å². The summed E-state index contributed by atoms with van der Waals surface area (Å²) in [6.45, 7) is 2.18. The Morgan fingerprint density at radius 1 is 1.20 bits per heavy atom. The zero-order valence-corrected chi connectivity index (χ0v) is 23.3. The average molecular weight is 560 g/mol. The standard InChI is InChI=1S/C31H34FN5O2S/c32-29-10-6-8-24-18-37(20-28(24)29)30(38)39-27-16-26-17-34-31(11-12-31)22-35-40-21-23-7-5-9-25(15-23)33-13-3-1-2-4-14-36(26)19-27/h1,3,5-10,13,17,21-22,26-27H,2,4,11-12,14-16,18-20H2/b3-1-,23-21-,33-13?,34-17?,35-22?. The molecule has 0 aromatic heterocycles. The van der Waals surface area contributed by atoms with Crippen LogP contribution in [0.3, 0.4) is 0 Å². The second-order valence-electron chi connectivity index (χ2n) is 11.0. The van der Waals surface area contributed by atoms with Crippen LogP contribution in [0, 0.1) is 5.82 Å². The van der Waals surface area contributed by atoms with E-state index in [1.807, 2.05) is 36.7 Å². The van der Waals surface area contributed by atoms with Gasteiger partial charge in [0.1, 0.15) is 11.9 Å². The minimum atomic E-state index is -0.381. The first-order valence-electron chi connectivity index (χ1n) is 14.0. The van der Waals surface area contributed by atoms with E-state index < -0.39 is 0 Å². The fourth-order valence-corrected chi connectivity index (χ4v) is 6.10. The van der Waals surface area contributed by atoms with Gasteiger partial charge in [-0.2, -0.15) is 0 Å². The van der Waals surface area contributed by atoms with Crippen LogP contribution < -0.4 is 0 Å². The Bertz CT molecular complexity index is 1340. The Morgan fingerprint density at radius 3 is 3.00 bits per heavy atom. The molecule has 1 amide bonds. The first-order valence-corrected chi connectivity index (χ1v) is 14.9. The van der Waals surface area contributed by atoms with Crippen molar-refractivity contribution < 1.29 is 13.9 Å². The fourth-order valence-electron chi connectivity index (χ4n) is 5.48. The number of nitrogens with zero attached hydrogens (tertiary/aromatic N) is 5. The summed E-state index contributed by atoms with van der Waals surface area (Å²) in [7, 11) is 0. The van der Waals surface area contributed by atoms with Crippen molar-refractivity contribution in [2.45, 2.75) is 69.3 Å². The highest BCUT2D eigenvalue weighted by atomic mass is 32.2. The maximum Gasteiger partial charge on any atom is 0.410 e. The van der Waals surface area contributed by atoms with Crippen molar-refractivity contribution >= 4 is 36.7 Å². The van der Waals surface area contributed by atoms with Gasteiger partial charge in [0.05, 0.1) is 12.1 Å². The van der Waals surface area contributed by atoms with E-state index in [0.29, 0.717) is 25.1 Å². The molecule has 2 unspecified atom stereocenters. The summed E-state index contributed by atoms with van der Waals surface area (Å²) in [6, 6.07) is 5.09. The molecule has 2 fully saturated rings. The Balaban J connectivity index is 1.12. The summed E-state index contributed by atoms with van der Waals surface area (Å²) >= 11 is 1.44. The smallest absolute Gasteiger partial charge is 0.410 e. The highest BCUT2D eigenvalue weighted by Crippen LogP contribution is 2.39. The molecule has 2 aliphatic carbocycles. The zero-order chi connectivity index (χ0) is 27.4. The number of aliphatic imine (C=N–C) groups is 2. The molecule has 0 radical (unpaired) electrons. The van der Waals surface area contributed by atoms with Crippen molar-refractivity contribution in [1.82, 2.24) is 9.80 Å². The fraction of sp³-hybridized carbons (Fsp3) is 0.419. The van der Waals surface area contributed by atoms with Crippen molar-refractivity contribution in [2.75, 3.05) is 13.1 Å². The van der Waals surface area contributed by atoms with E-state index in [1.165, 1.54) is 23.6 Å². The molecule has 1 saturated carbocycles. The van der Waals surface area contributed by atoms with Crippen LogP contribution in [0.5, 0.6) is 0 Å². The molecule has 6 rings (SSSR count). The van der Waals surface area contributed by atoms with E-state index in [-0.39, 0.29) is 36.1 Å². The van der Waals surface area contributed by atoms with E-state index in [1.54, 1.807) is 11.0 Å². The first kappa shape index (κ1) is 26.9. The van der Waals surface area contributed by atoms with Crippen molar-refractivity contribution in [3.8, 4) is 0 Å². The Morgan fingerprint density at radius 2 is 2.12 bits per heavy atom. The molecule has 7 nitrogen and oxygen atoms in total. The topological polar surface area (TPSA) is 69.9 Å². The lowest BCUT2D eigenvalue weighted by Gasteiger charge is -2.21. The second kappa shape index (κ2) is 12.1. The first-order chi connectivity index (χ1) is 19.6. The minimum Gasteiger partial charge on any atom is -0.445 e.